The highest BCUT2D eigenvalue weighted by molar-refractivity contribution is 5.99. The van der Waals surface area contributed by atoms with Gasteiger partial charge < -0.3 is 4.90 Å². The van der Waals surface area contributed by atoms with Crippen LogP contribution in [0.5, 0.6) is 0 Å². The van der Waals surface area contributed by atoms with Crippen molar-refractivity contribution in [2.45, 2.75) is 19.8 Å². The molecule has 1 aromatic rings. The van der Waals surface area contributed by atoms with E-state index in [-0.39, 0.29) is 18.2 Å². The van der Waals surface area contributed by atoms with Gasteiger partial charge in [-0.3, -0.25) is 9.59 Å². The first-order valence-corrected chi connectivity index (χ1v) is 6.45. The molecule has 0 saturated carbocycles. The Morgan fingerprint density at radius 1 is 1.42 bits per heavy atom. The van der Waals surface area contributed by atoms with Crippen LogP contribution < -0.4 is 0 Å². The van der Waals surface area contributed by atoms with Gasteiger partial charge in [0.25, 0.3) is 0 Å². The Balaban J connectivity index is 2.01. The van der Waals surface area contributed by atoms with Gasteiger partial charge in [-0.1, -0.05) is 25.5 Å². The van der Waals surface area contributed by atoms with Crippen LogP contribution in [0.15, 0.2) is 24.3 Å². The van der Waals surface area contributed by atoms with Gasteiger partial charge in [0.2, 0.25) is 5.91 Å². The summed E-state index contributed by atoms with van der Waals surface area (Å²) in [5.74, 6) is 0.365. The molecule has 0 aromatic heterocycles. The van der Waals surface area contributed by atoms with E-state index < -0.39 is 0 Å². The summed E-state index contributed by atoms with van der Waals surface area (Å²) in [7, 11) is 0. The molecule has 4 heteroatoms. The van der Waals surface area contributed by atoms with Gasteiger partial charge in [-0.25, -0.2) is 0 Å². The van der Waals surface area contributed by atoms with Crippen molar-refractivity contribution in [1.29, 1.82) is 5.26 Å². The molecule has 1 fully saturated rings. The lowest BCUT2D eigenvalue weighted by molar-refractivity contribution is -0.127. The topological polar surface area (TPSA) is 61.2 Å². The zero-order valence-electron chi connectivity index (χ0n) is 10.9. The molecule has 1 unspecified atom stereocenters. The molecule has 2 rings (SSSR count). The molecule has 1 saturated heterocycles. The summed E-state index contributed by atoms with van der Waals surface area (Å²) >= 11 is 0. The maximum atomic E-state index is 12.1. The number of ketones is 1. The van der Waals surface area contributed by atoms with Gasteiger partial charge in [0.1, 0.15) is 0 Å². The summed E-state index contributed by atoms with van der Waals surface area (Å²) in [6.45, 7) is 2.88. The summed E-state index contributed by atoms with van der Waals surface area (Å²) < 4.78 is 0. The Hall–Kier alpha value is -2.15. The summed E-state index contributed by atoms with van der Waals surface area (Å²) in [5, 5.41) is 8.70. The van der Waals surface area contributed by atoms with E-state index in [9.17, 15) is 9.59 Å². The van der Waals surface area contributed by atoms with E-state index in [2.05, 4.69) is 6.92 Å². The summed E-state index contributed by atoms with van der Waals surface area (Å²) in [4.78, 5) is 25.4. The van der Waals surface area contributed by atoms with Crippen molar-refractivity contribution in [3.63, 3.8) is 0 Å². The van der Waals surface area contributed by atoms with E-state index in [0.29, 0.717) is 30.0 Å². The zero-order chi connectivity index (χ0) is 13.8. The second-order valence-electron chi connectivity index (χ2n) is 4.86. The lowest BCUT2D eigenvalue weighted by Gasteiger charge is -2.15. The standard InChI is InChI=1S/C15H16N2O2/c1-2-11-7-15(19)17(9-11)10-14(18)13-5-3-12(8-16)4-6-13/h3-6,11H,2,7,9-10H2,1H3. The van der Waals surface area contributed by atoms with Crippen molar-refractivity contribution in [2.75, 3.05) is 13.1 Å². The molecule has 1 aromatic carbocycles. The Morgan fingerprint density at radius 3 is 2.63 bits per heavy atom. The molecule has 0 aliphatic carbocycles. The van der Waals surface area contributed by atoms with E-state index in [0.717, 1.165) is 6.42 Å². The number of hydrogen-bond donors (Lipinski definition) is 0. The average molecular weight is 256 g/mol. The number of likely N-dealkylation sites (tertiary alicyclic amines) is 1. The van der Waals surface area contributed by atoms with E-state index >= 15 is 0 Å². The third-order valence-corrected chi connectivity index (χ3v) is 3.54. The summed E-state index contributed by atoms with van der Waals surface area (Å²) in [5.41, 5.74) is 1.08. The number of nitrogens with zero attached hydrogens (tertiary/aromatic N) is 2. The Morgan fingerprint density at radius 2 is 2.11 bits per heavy atom. The Kier molecular flexibility index (Phi) is 3.96. The normalized spacial score (nSPS) is 18.4. The molecule has 0 spiro atoms. The third kappa shape index (κ3) is 3.00. The fourth-order valence-electron chi connectivity index (χ4n) is 2.28. The molecule has 4 nitrogen and oxygen atoms in total. The minimum Gasteiger partial charge on any atom is -0.335 e. The Bertz CT molecular complexity index is 528. The monoisotopic (exact) mass is 256 g/mol. The zero-order valence-corrected chi connectivity index (χ0v) is 10.9. The highest BCUT2D eigenvalue weighted by Crippen LogP contribution is 2.20. The Labute approximate surface area is 112 Å². The van der Waals surface area contributed by atoms with E-state index in [1.807, 2.05) is 6.07 Å². The number of nitriles is 1. The van der Waals surface area contributed by atoms with Crippen LogP contribution in [0.4, 0.5) is 0 Å². The SMILES string of the molecule is CCC1CC(=O)N(CC(=O)c2ccc(C#N)cc2)C1. The lowest BCUT2D eigenvalue weighted by atomic mass is 10.1. The number of hydrogen-bond acceptors (Lipinski definition) is 3. The predicted octanol–water partition coefficient (Wildman–Crippen LogP) is 2.00. The van der Waals surface area contributed by atoms with Gasteiger partial charge in [0.15, 0.2) is 5.78 Å². The molecule has 0 radical (unpaired) electrons. The first-order chi connectivity index (χ1) is 9.13. The van der Waals surface area contributed by atoms with Crippen LogP contribution in [-0.2, 0) is 4.79 Å². The van der Waals surface area contributed by atoms with Gasteiger partial charge in [0.05, 0.1) is 18.2 Å². The number of carbonyl (C=O) groups excluding carboxylic acids is 2. The molecule has 1 aliphatic rings. The first kappa shape index (κ1) is 13.3. The molecule has 98 valence electrons. The number of benzene rings is 1. The molecule has 0 bridgehead atoms. The van der Waals surface area contributed by atoms with Crippen molar-refractivity contribution in [3.05, 3.63) is 35.4 Å². The van der Waals surface area contributed by atoms with Crippen molar-refractivity contribution in [2.24, 2.45) is 5.92 Å². The summed E-state index contributed by atoms with van der Waals surface area (Å²) in [6, 6.07) is 8.52. The minimum absolute atomic E-state index is 0.0637. The predicted molar refractivity (Wildman–Crippen MR) is 70.5 cm³/mol. The molecule has 1 aliphatic heterocycles. The molecule has 1 amide bonds. The smallest absolute Gasteiger partial charge is 0.223 e. The van der Waals surface area contributed by atoms with E-state index in [1.54, 1.807) is 29.2 Å². The molecular weight excluding hydrogens is 240 g/mol. The molecular formula is C15H16N2O2. The number of Topliss-reactive ketones (excluding diaryl/α,β-unsaturated/α-hetero) is 1. The van der Waals surface area contributed by atoms with Gasteiger partial charge in [-0.05, 0) is 18.1 Å². The molecule has 1 atom stereocenters. The van der Waals surface area contributed by atoms with Crippen LogP contribution in [0.3, 0.4) is 0 Å². The quantitative estimate of drug-likeness (QED) is 0.774. The van der Waals surface area contributed by atoms with Crippen LogP contribution in [0.25, 0.3) is 0 Å². The second kappa shape index (κ2) is 5.66. The van der Waals surface area contributed by atoms with Crippen molar-refractivity contribution >= 4 is 11.7 Å². The fourth-order valence-corrected chi connectivity index (χ4v) is 2.28. The molecule has 19 heavy (non-hydrogen) atoms. The summed E-state index contributed by atoms with van der Waals surface area (Å²) in [6.07, 6.45) is 1.52. The van der Waals surface area contributed by atoms with Gasteiger partial charge in [-0.2, -0.15) is 5.26 Å². The van der Waals surface area contributed by atoms with Crippen molar-refractivity contribution < 1.29 is 9.59 Å². The van der Waals surface area contributed by atoms with Crippen LogP contribution in [0.2, 0.25) is 0 Å². The first-order valence-electron chi connectivity index (χ1n) is 6.45. The fraction of sp³-hybridized carbons (Fsp3) is 0.400. The van der Waals surface area contributed by atoms with Crippen LogP contribution >= 0.6 is 0 Å². The molecule has 1 heterocycles. The van der Waals surface area contributed by atoms with E-state index in [1.165, 1.54) is 0 Å². The maximum Gasteiger partial charge on any atom is 0.223 e. The van der Waals surface area contributed by atoms with Gasteiger partial charge >= 0.3 is 0 Å². The van der Waals surface area contributed by atoms with E-state index in [4.69, 9.17) is 5.26 Å². The van der Waals surface area contributed by atoms with Crippen LogP contribution in [0, 0.1) is 17.2 Å². The van der Waals surface area contributed by atoms with Crippen molar-refractivity contribution in [1.82, 2.24) is 4.90 Å². The number of amides is 1. The molecule has 0 N–H and O–H groups in total. The number of carbonyl (C=O) groups is 2. The highest BCUT2D eigenvalue weighted by atomic mass is 16.2. The average Bonchev–Trinajstić information content (AvgIpc) is 2.79. The van der Waals surface area contributed by atoms with Crippen LogP contribution in [0.1, 0.15) is 35.7 Å². The lowest BCUT2D eigenvalue weighted by Crippen LogP contribution is -2.31. The maximum absolute atomic E-state index is 12.1. The van der Waals surface area contributed by atoms with Gasteiger partial charge in [-0.15, -0.1) is 0 Å². The second-order valence-corrected chi connectivity index (χ2v) is 4.86. The van der Waals surface area contributed by atoms with Crippen molar-refractivity contribution in [3.8, 4) is 6.07 Å². The number of rotatable bonds is 4. The highest BCUT2D eigenvalue weighted by Gasteiger charge is 2.29. The minimum atomic E-state index is -0.0745. The third-order valence-electron chi connectivity index (χ3n) is 3.54. The van der Waals surface area contributed by atoms with Crippen LogP contribution in [-0.4, -0.2) is 29.7 Å². The largest absolute Gasteiger partial charge is 0.335 e. The van der Waals surface area contributed by atoms with Gasteiger partial charge in [0, 0.05) is 18.5 Å².